The normalized spacial score (nSPS) is 10.3. The van der Waals surface area contributed by atoms with E-state index in [9.17, 15) is 4.79 Å². The lowest BCUT2D eigenvalue weighted by Gasteiger charge is -2.02. The van der Waals surface area contributed by atoms with Crippen molar-refractivity contribution in [1.82, 2.24) is 4.98 Å². The number of nitrogens with one attached hydrogen (secondary N) is 1. The maximum Gasteiger partial charge on any atom is 0.272 e. The lowest BCUT2D eigenvalue weighted by molar-refractivity contribution is 0.0996. The topological polar surface area (TPSA) is 90.4 Å². The standard InChI is InChI=1S/C9H15N3O3/c1-6-12-7(8(10)13)9(15-6)11-4-3-5-14-2/h11H,3-5H2,1-2H3,(H2,10,13). The first-order valence-corrected chi connectivity index (χ1v) is 4.65. The largest absolute Gasteiger partial charge is 0.425 e. The summed E-state index contributed by atoms with van der Waals surface area (Å²) in [6.07, 6.45) is 0.814. The molecule has 6 heteroatoms. The highest BCUT2D eigenvalue weighted by atomic mass is 16.5. The van der Waals surface area contributed by atoms with Crippen molar-refractivity contribution in [2.75, 3.05) is 25.6 Å². The fraction of sp³-hybridized carbons (Fsp3) is 0.556. The van der Waals surface area contributed by atoms with Crippen molar-refractivity contribution in [3.8, 4) is 0 Å². The Kier molecular flexibility index (Phi) is 4.11. The van der Waals surface area contributed by atoms with Crippen LogP contribution in [-0.2, 0) is 4.74 Å². The maximum atomic E-state index is 11.0. The van der Waals surface area contributed by atoms with Gasteiger partial charge in [0.05, 0.1) is 0 Å². The molecule has 0 atom stereocenters. The number of rotatable bonds is 6. The second-order valence-electron chi connectivity index (χ2n) is 3.05. The molecule has 84 valence electrons. The molecule has 1 amide bonds. The van der Waals surface area contributed by atoms with Gasteiger partial charge in [0.1, 0.15) is 0 Å². The lowest BCUT2D eigenvalue weighted by atomic mass is 10.4. The molecule has 0 aliphatic rings. The number of hydrogen-bond acceptors (Lipinski definition) is 5. The van der Waals surface area contributed by atoms with Crippen molar-refractivity contribution >= 4 is 11.8 Å². The summed E-state index contributed by atoms with van der Waals surface area (Å²) in [7, 11) is 1.63. The van der Waals surface area contributed by atoms with Crippen LogP contribution in [-0.4, -0.2) is 31.2 Å². The Hall–Kier alpha value is -1.56. The zero-order valence-corrected chi connectivity index (χ0v) is 8.87. The van der Waals surface area contributed by atoms with E-state index in [2.05, 4.69) is 10.3 Å². The highest BCUT2D eigenvalue weighted by Crippen LogP contribution is 2.15. The Bertz CT molecular complexity index is 335. The summed E-state index contributed by atoms with van der Waals surface area (Å²) in [6.45, 7) is 2.95. The average Bonchev–Trinajstić information content (AvgIpc) is 2.55. The summed E-state index contributed by atoms with van der Waals surface area (Å²) in [5.74, 6) is 0.148. The van der Waals surface area contributed by atoms with Crippen molar-refractivity contribution in [2.24, 2.45) is 5.73 Å². The zero-order chi connectivity index (χ0) is 11.3. The number of oxazole rings is 1. The molecular formula is C9H15N3O3. The molecule has 1 aromatic heterocycles. The molecule has 0 radical (unpaired) electrons. The molecule has 0 saturated carbocycles. The summed E-state index contributed by atoms with van der Waals surface area (Å²) in [4.78, 5) is 14.8. The van der Waals surface area contributed by atoms with E-state index in [4.69, 9.17) is 14.9 Å². The molecule has 6 nitrogen and oxygen atoms in total. The van der Waals surface area contributed by atoms with E-state index in [1.807, 2.05) is 0 Å². The van der Waals surface area contributed by atoms with Gasteiger partial charge in [-0.3, -0.25) is 4.79 Å². The average molecular weight is 213 g/mol. The molecule has 0 aromatic carbocycles. The fourth-order valence-corrected chi connectivity index (χ4v) is 1.13. The molecule has 0 spiro atoms. The maximum absolute atomic E-state index is 11.0. The first-order chi connectivity index (χ1) is 7.15. The summed E-state index contributed by atoms with van der Waals surface area (Å²) in [5, 5.41) is 2.94. The van der Waals surface area contributed by atoms with E-state index in [0.29, 0.717) is 24.9 Å². The van der Waals surface area contributed by atoms with Crippen LogP contribution in [0.1, 0.15) is 22.8 Å². The van der Waals surface area contributed by atoms with E-state index in [0.717, 1.165) is 6.42 Å². The van der Waals surface area contributed by atoms with Crippen LogP contribution in [0.5, 0.6) is 0 Å². The van der Waals surface area contributed by atoms with E-state index >= 15 is 0 Å². The van der Waals surface area contributed by atoms with Gasteiger partial charge in [-0.25, -0.2) is 4.98 Å². The second kappa shape index (κ2) is 5.35. The number of nitrogens with two attached hydrogens (primary N) is 1. The van der Waals surface area contributed by atoms with Crippen LogP contribution in [0.15, 0.2) is 4.42 Å². The van der Waals surface area contributed by atoms with E-state index in [1.165, 1.54) is 0 Å². The van der Waals surface area contributed by atoms with Crippen LogP contribution < -0.4 is 11.1 Å². The third-order valence-electron chi connectivity index (χ3n) is 1.78. The molecule has 0 aliphatic carbocycles. The van der Waals surface area contributed by atoms with Gasteiger partial charge in [0.25, 0.3) is 5.91 Å². The highest BCUT2D eigenvalue weighted by Gasteiger charge is 2.15. The molecule has 1 rings (SSSR count). The van der Waals surface area contributed by atoms with Crippen molar-refractivity contribution in [3.05, 3.63) is 11.6 Å². The molecule has 3 N–H and O–H groups in total. The Morgan fingerprint density at radius 3 is 3.00 bits per heavy atom. The Labute approximate surface area is 87.8 Å². The molecule has 0 fully saturated rings. The molecule has 0 unspecified atom stereocenters. The monoisotopic (exact) mass is 213 g/mol. The number of hydrogen-bond donors (Lipinski definition) is 2. The second-order valence-corrected chi connectivity index (χ2v) is 3.05. The van der Waals surface area contributed by atoms with Crippen LogP contribution in [0.2, 0.25) is 0 Å². The number of aromatic nitrogens is 1. The fourth-order valence-electron chi connectivity index (χ4n) is 1.13. The van der Waals surface area contributed by atoms with Crippen molar-refractivity contribution < 1.29 is 13.9 Å². The number of methoxy groups -OCH3 is 1. The summed E-state index contributed by atoms with van der Waals surface area (Å²) in [5.41, 5.74) is 5.28. The molecular weight excluding hydrogens is 198 g/mol. The Morgan fingerprint density at radius 2 is 2.40 bits per heavy atom. The van der Waals surface area contributed by atoms with Gasteiger partial charge in [-0.05, 0) is 6.42 Å². The summed E-state index contributed by atoms with van der Waals surface area (Å²) < 4.78 is 10.1. The number of carbonyl (C=O) groups excluding carboxylic acids is 1. The van der Waals surface area contributed by atoms with Gasteiger partial charge in [-0.15, -0.1) is 0 Å². The highest BCUT2D eigenvalue weighted by molar-refractivity contribution is 5.95. The molecule has 1 aromatic rings. The summed E-state index contributed by atoms with van der Waals surface area (Å²) >= 11 is 0. The molecule has 0 bridgehead atoms. The lowest BCUT2D eigenvalue weighted by Crippen LogP contribution is -2.15. The number of carbonyl (C=O) groups is 1. The predicted octanol–water partition coefficient (Wildman–Crippen LogP) is 0.530. The predicted molar refractivity (Wildman–Crippen MR) is 54.7 cm³/mol. The Morgan fingerprint density at radius 1 is 1.67 bits per heavy atom. The van der Waals surface area contributed by atoms with Gasteiger partial charge in [0, 0.05) is 27.2 Å². The van der Waals surface area contributed by atoms with Crippen LogP contribution in [0, 0.1) is 6.92 Å². The van der Waals surface area contributed by atoms with Crippen LogP contribution >= 0.6 is 0 Å². The minimum Gasteiger partial charge on any atom is -0.425 e. The van der Waals surface area contributed by atoms with Crippen LogP contribution in [0.4, 0.5) is 5.88 Å². The van der Waals surface area contributed by atoms with E-state index < -0.39 is 5.91 Å². The van der Waals surface area contributed by atoms with Crippen LogP contribution in [0.3, 0.4) is 0 Å². The quantitative estimate of drug-likeness (QED) is 0.673. The minimum absolute atomic E-state index is 0.143. The number of aryl methyl sites for hydroxylation is 1. The van der Waals surface area contributed by atoms with E-state index in [-0.39, 0.29) is 5.69 Å². The smallest absolute Gasteiger partial charge is 0.272 e. The van der Waals surface area contributed by atoms with Gasteiger partial charge in [-0.2, -0.15) is 0 Å². The number of nitrogens with zero attached hydrogens (tertiary/aromatic N) is 1. The van der Waals surface area contributed by atoms with E-state index in [1.54, 1.807) is 14.0 Å². The first kappa shape index (κ1) is 11.5. The van der Waals surface area contributed by atoms with Crippen LogP contribution in [0.25, 0.3) is 0 Å². The summed E-state index contributed by atoms with van der Waals surface area (Å²) in [6, 6.07) is 0. The minimum atomic E-state index is -0.596. The van der Waals surface area contributed by atoms with Crippen molar-refractivity contribution in [1.29, 1.82) is 0 Å². The van der Waals surface area contributed by atoms with Gasteiger partial charge < -0.3 is 20.2 Å². The Balaban J connectivity index is 2.55. The third kappa shape index (κ3) is 3.25. The van der Waals surface area contributed by atoms with Crippen molar-refractivity contribution in [2.45, 2.75) is 13.3 Å². The zero-order valence-electron chi connectivity index (χ0n) is 8.87. The van der Waals surface area contributed by atoms with Gasteiger partial charge in [0.15, 0.2) is 11.6 Å². The molecule has 15 heavy (non-hydrogen) atoms. The van der Waals surface area contributed by atoms with Gasteiger partial charge in [-0.1, -0.05) is 0 Å². The molecule has 0 aliphatic heterocycles. The number of anilines is 1. The number of ether oxygens (including phenoxy) is 1. The van der Waals surface area contributed by atoms with Gasteiger partial charge in [0.2, 0.25) is 5.88 Å². The molecule has 0 saturated heterocycles. The number of primary amides is 1. The van der Waals surface area contributed by atoms with Crippen molar-refractivity contribution in [3.63, 3.8) is 0 Å². The molecule has 1 heterocycles. The third-order valence-corrected chi connectivity index (χ3v) is 1.78. The number of amides is 1. The first-order valence-electron chi connectivity index (χ1n) is 4.65. The SMILES string of the molecule is COCCCNc1oc(C)nc1C(N)=O. The van der Waals surface area contributed by atoms with Gasteiger partial charge >= 0.3 is 0 Å².